The van der Waals surface area contributed by atoms with Crippen LogP contribution in [0.15, 0.2) is 24.3 Å². The number of benzene rings is 1. The molecule has 0 aliphatic carbocycles. The summed E-state index contributed by atoms with van der Waals surface area (Å²) in [6, 6.07) is 8.81. The third-order valence-electron chi connectivity index (χ3n) is 4.65. The van der Waals surface area contributed by atoms with Crippen LogP contribution in [0.25, 0.3) is 0 Å². The SMILES string of the molecule is COC1CCN(CC2COc3ccccc32)C(CN)C1. The highest BCUT2D eigenvalue weighted by atomic mass is 16.5. The van der Waals surface area contributed by atoms with E-state index in [1.54, 1.807) is 7.11 Å². The second-order valence-electron chi connectivity index (χ2n) is 5.81. The summed E-state index contributed by atoms with van der Waals surface area (Å²) >= 11 is 0. The molecule has 1 fully saturated rings. The molecule has 0 saturated carbocycles. The van der Waals surface area contributed by atoms with Gasteiger partial charge in [-0.25, -0.2) is 0 Å². The Bertz CT molecular complexity index is 452. The van der Waals surface area contributed by atoms with Gasteiger partial charge in [-0.2, -0.15) is 0 Å². The summed E-state index contributed by atoms with van der Waals surface area (Å²) in [5.41, 5.74) is 7.30. The Morgan fingerprint density at radius 3 is 3.05 bits per heavy atom. The monoisotopic (exact) mass is 276 g/mol. The molecule has 20 heavy (non-hydrogen) atoms. The van der Waals surface area contributed by atoms with Crippen molar-refractivity contribution in [1.29, 1.82) is 0 Å². The first-order valence-electron chi connectivity index (χ1n) is 7.50. The smallest absolute Gasteiger partial charge is 0.122 e. The second kappa shape index (κ2) is 6.12. The van der Waals surface area contributed by atoms with E-state index in [9.17, 15) is 0 Å². The zero-order valence-electron chi connectivity index (χ0n) is 12.1. The van der Waals surface area contributed by atoms with Gasteiger partial charge >= 0.3 is 0 Å². The van der Waals surface area contributed by atoms with Crippen molar-refractivity contribution in [2.24, 2.45) is 5.73 Å². The number of ether oxygens (including phenoxy) is 2. The van der Waals surface area contributed by atoms with Gasteiger partial charge in [-0.15, -0.1) is 0 Å². The molecule has 4 heteroatoms. The van der Waals surface area contributed by atoms with Crippen LogP contribution in [0.5, 0.6) is 5.75 Å². The molecular weight excluding hydrogens is 252 g/mol. The minimum atomic E-state index is 0.368. The number of methoxy groups -OCH3 is 1. The third-order valence-corrected chi connectivity index (χ3v) is 4.65. The molecule has 1 aromatic rings. The molecule has 0 amide bonds. The summed E-state index contributed by atoms with van der Waals surface area (Å²) in [4.78, 5) is 2.52. The molecule has 2 aliphatic rings. The van der Waals surface area contributed by atoms with Crippen LogP contribution in [0, 0.1) is 0 Å². The molecule has 0 aromatic heterocycles. The summed E-state index contributed by atoms with van der Waals surface area (Å²) in [5.74, 6) is 1.52. The lowest BCUT2D eigenvalue weighted by molar-refractivity contribution is 0.0105. The van der Waals surface area contributed by atoms with Crippen LogP contribution < -0.4 is 10.5 Å². The average molecular weight is 276 g/mol. The zero-order valence-corrected chi connectivity index (χ0v) is 12.1. The Morgan fingerprint density at radius 1 is 1.40 bits per heavy atom. The maximum absolute atomic E-state index is 5.95. The minimum Gasteiger partial charge on any atom is -0.493 e. The maximum Gasteiger partial charge on any atom is 0.122 e. The van der Waals surface area contributed by atoms with E-state index in [2.05, 4.69) is 23.1 Å². The van der Waals surface area contributed by atoms with Gasteiger partial charge in [0.2, 0.25) is 0 Å². The molecule has 0 bridgehead atoms. The number of rotatable bonds is 4. The summed E-state index contributed by atoms with van der Waals surface area (Å²) in [5, 5.41) is 0. The molecule has 2 aliphatic heterocycles. The van der Waals surface area contributed by atoms with Gasteiger partial charge < -0.3 is 15.2 Å². The second-order valence-corrected chi connectivity index (χ2v) is 5.81. The van der Waals surface area contributed by atoms with E-state index in [0.717, 1.165) is 38.3 Å². The van der Waals surface area contributed by atoms with Gasteiger partial charge in [0.05, 0.1) is 12.7 Å². The molecule has 2 N–H and O–H groups in total. The van der Waals surface area contributed by atoms with Crippen molar-refractivity contribution in [2.45, 2.75) is 30.9 Å². The topological polar surface area (TPSA) is 47.7 Å². The standard InChI is InChI=1S/C16H24N2O2/c1-19-14-6-7-18(13(8-14)9-17)10-12-11-20-16-5-3-2-4-15(12)16/h2-5,12-14H,6-11,17H2,1H3. The largest absolute Gasteiger partial charge is 0.493 e. The van der Waals surface area contributed by atoms with Gasteiger partial charge in [0.1, 0.15) is 5.75 Å². The third kappa shape index (κ3) is 2.68. The zero-order chi connectivity index (χ0) is 13.9. The van der Waals surface area contributed by atoms with Crippen molar-refractivity contribution in [3.8, 4) is 5.75 Å². The number of nitrogens with zero attached hydrogens (tertiary/aromatic N) is 1. The highest BCUT2D eigenvalue weighted by Crippen LogP contribution is 2.35. The number of hydrogen-bond donors (Lipinski definition) is 1. The van der Waals surface area contributed by atoms with Crippen molar-refractivity contribution >= 4 is 0 Å². The van der Waals surface area contributed by atoms with Crippen molar-refractivity contribution < 1.29 is 9.47 Å². The van der Waals surface area contributed by atoms with Crippen LogP contribution in [0.1, 0.15) is 24.3 Å². The molecule has 0 radical (unpaired) electrons. The Hall–Kier alpha value is -1.10. The molecule has 2 heterocycles. The average Bonchev–Trinajstić information content (AvgIpc) is 2.91. The molecule has 0 spiro atoms. The molecule has 3 unspecified atom stereocenters. The van der Waals surface area contributed by atoms with E-state index in [1.165, 1.54) is 5.56 Å². The van der Waals surface area contributed by atoms with Crippen LogP contribution in [-0.2, 0) is 4.74 Å². The summed E-state index contributed by atoms with van der Waals surface area (Å²) in [6.07, 6.45) is 2.51. The fraction of sp³-hybridized carbons (Fsp3) is 0.625. The van der Waals surface area contributed by atoms with Crippen LogP contribution in [-0.4, -0.2) is 50.4 Å². The van der Waals surface area contributed by atoms with Gasteiger partial charge in [0.15, 0.2) is 0 Å². The van der Waals surface area contributed by atoms with Gasteiger partial charge in [-0.3, -0.25) is 4.90 Å². The fourth-order valence-electron chi connectivity index (χ4n) is 3.43. The van der Waals surface area contributed by atoms with E-state index in [1.807, 2.05) is 6.07 Å². The van der Waals surface area contributed by atoms with E-state index >= 15 is 0 Å². The Morgan fingerprint density at radius 2 is 2.25 bits per heavy atom. The lowest BCUT2D eigenvalue weighted by Crippen LogP contribution is -2.49. The first-order chi connectivity index (χ1) is 9.81. The molecule has 4 nitrogen and oxygen atoms in total. The minimum absolute atomic E-state index is 0.368. The number of hydrogen-bond acceptors (Lipinski definition) is 4. The summed E-state index contributed by atoms with van der Waals surface area (Å²) < 4.78 is 11.3. The van der Waals surface area contributed by atoms with Crippen molar-refractivity contribution in [3.05, 3.63) is 29.8 Å². The fourth-order valence-corrected chi connectivity index (χ4v) is 3.43. The van der Waals surface area contributed by atoms with Crippen LogP contribution >= 0.6 is 0 Å². The van der Waals surface area contributed by atoms with E-state index in [4.69, 9.17) is 15.2 Å². The predicted octanol–water partition coefficient (Wildman–Crippen LogP) is 1.60. The van der Waals surface area contributed by atoms with E-state index in [0.29, 0.717) is 24.6 Å². The van der Waals surface area contributed by atoms with Gasteiger partial charge in [-0.1, -0.05) is 18.2 Å². The van der Waals surface area contributed by atoms with Crippen LogP contribution in [0.4, 0.5) is 0 Å². The van der Waals surface area contributed by atoms with Gasteiger partial charge in [-0.05, 0) is 18.9 Å². The highest BCUT2D eigenvalue weighted by molar-refractivity contribution is 5.39. The molecule has 1 aromatic carbocycles. The first-order valence-corrected chi connectivity index (χ1v) is 7.50. The number of piperidine rings is 1. The van der Waals surface area contributed by atoms with Crippen molar-refractivity contribution in [1.82, 2.24) is 4.90 Å². The first kappa shape index (κ1) is 13.9. The molecule has 1 saturated heterocycles. The number of para-hydroxylation sites is 1. The maximum atomic E-state index is 5.95. The van der Waals surface area contributed by atoms with E-state index in [-0.39, 0.29) is 0 Å². The predicted molar refractivity (Wildman–Crippen MR) is 79.1 cm³/mol. The molecule has 110 valence electrons. The van der Waals surface area contributed by atoms with E-state index < -0.39 is 0 Å². The molecular formula is C16H24N2O2. The lowest BCUT2D eigenvalue weighted by Gasteiger charge is -2.39. The Balaban J connectivity index is 1.66. The Labute approximate surface area is 120 Å². The normalized spacial score (nSPS) is 30.0. The van der Waals surface area contributed by atoms with Crippen molar-refractivity contribution in [3.63, 3.8) is 0 Å². The molecule has 3 atom stereocenters. The Kier molecular flexibility index (Phi) is 4.24. The van der Waals surface area contributed by atoms with Gasteiger partial charge in [0.25, 0.3) is 0 Å². The van der Waals surface area contributed by atoms with Crippen LogP contribution in [0.3, 0.4) is 0 Å². The quantitative estimate of drug-likeness (QED) is 0.907. The number of likely N-dealkylation sites (tertiary alicyclic amines) is 1. The van der Waals surface area contributed by atoms with Gasteiger partial charge in [0, 0.05) is 44.3 Å². The number of nitrogens with two attached hydrogens (primary N) is 1. The lowest BCUT2D eigenvalue weighted by atomic mass is 9.95. The summed E-state index contributed by atoms with van der Waals surface area (Å²) in [6.45, 7) is 3.60. The van der Waals surface area contributed by atoms with Crippen molar-refractivity contribution in [2.75, 3.05) is 33.4 Å². The number of fused-ring (bicyclic) bond motifs is 1. The van der Waals surface area contributed by atoms with Crippen LogP contribution in [0.2, 0.25) is 0 Å². The highest BCUT2D eigenvalue weighted by Gasteiger charge is 2.32. The molecule has 3 rings (SSSR count). The summed E-state index contributed by atoms with van der Waals surface area (Å²) in [7, 11) is 1.80.